The van der Waals surface area contributed by atoms with Crippen LogP contribution in [0.25, 0.3) is 0 Å². The molecule has 0 spiro atoms. The van der Waals surface area contributed by atoms with E-state index in [1.807, 2.05) is 11.8 Å². The van der Waals surface area contributed by atoms with Crippen LogP contribution in [0.15, 0.2) is 11.6 Å². The van der Waals surface area contributed by atoms with Crippen LogP contribution in [0.1, 0.15) is 26.7 Å². The van der Waals surface area contributed by atoms with Gasteiger partial charge in [0.1, 0.15) is 0 Å². The molecule has 2 N–H and O–H groups in total. The summed E-state index contributed by atoms with van der Waals surface area (Å²) in [5.41, 5.74) is 6.78. The van der Waals surface area contributed by atoms with E-state index in [9.17, 15) is 0 Å². The SMILES string of the molecule is CC(C)=CCCCSCCN. The zero-order chi connectivity index (χ0) is 8.53. The summed E-state index contributed by atoms with van der Waals surface area (Å²) in [5.74, 6) is 2.36. The Hall–Kier alpha value is 0.0500. The lowest BCUT2D eigenvalue weighted by molar-refractivity contribution is 0.959. The van der Waals surface area contributed by atoms with E-state index in [2.05, 4.69) is 19.9 Å². The van der Waals surface area contributed by atoms with Gasteiger partial charge in [-0.1, -0.05) is 11.6 Å². The van der Waals surface area contributed by atoms with Crippen LogP contribution in [-0.4, -0.2) is 18.1 Å². The smallest absolute Gasteiger partial charge is 0.00558 e. The van der Waals surface area contributed by atoms with Gasteiger partial charge in [0, 0.05) is 12.3 Å². The predicted octanol–water partition coefficient (Wildman–Crippen LogP) is 2.42. The number of allylic oxidation sites excluding steroid dienone is 2. The summed E-state index contributed by atoms with van der Waals surface area (Å²) < 4.78 is 0. The summed E-state index contributed by atoms with van der Waals surface area (Å²) in [6.07, 6.45) is 4.80. The highest BCUT2D eigenvalue weighted by Crippen LogP contribution is 2.04. The molecule has 11 heavy (non-hydrogen) atoms. The van der Waals surface area contributed by atoms with Crippen molar-refractivity contribution >= 4 is 11.8 Å². The van der Waals surface area contributed by atoms with Gasteiger partial charge in [-0.05, 0) is 32.4 Å². The van der Waals surface area contributed by atoms with Gasteiger partial charge in [0.25, 0.3) is 0 Å². The highest BCUT2D eigenvalue weighted by molar-refractivity contribution is 7.99. The van der Waals surface area contributed by atoms with E-state index < -0.39 is 0 Å². The van der Waals surface area contributed by atoms with Crippen molar-refractivity contribution in [2.75, 3.05) is 18.1 Å². The van der Waals surface area contributed by atoms with Gasteiger partial charge < -0.3 is 5.73 Å². The molecule has 0 heterocycles. The fourth-order valence-electron chi connectivity index (χ4n) is 0.762. The number of nitrogens with two attached hydrogens (primary N) is 1. The molecule has 0 unspecified atom stereocenters. The maximum absolute atomic E-state index is 5.36. The van der Waals surface area contributed by atoms with Gasteiger partial charge in [-0.15, -0.1) is 0 Å². The molecule has 0 bridgehead atoms. The summed E-state index contributed by atoms with van der Waals surface area (Å²) >= 11 is 1.95. The minimum atomic E-state index is 0.813. The number of unbranched alkanes of at least 4 members (excludes halogenated alkanes) is 1. The molecule has 1 nitrogen and oxygen atoms in total. The van der Waals surface area contributed by atoms with E-state index in [1.54, 1.807) is 0 Å². The first-order chi connectivity index (χ1) is 5.27. The van der Waals surface area contributed by atoms with E-state index in [0.717, 1.165) is 12.3 Å². The lowest BCUT2D eigenvalue weighted by atomic mass is 10.2. The van der Waals surface area contributed by atoms with Crippen LogP contribution in [0.4, 0.5) is 0 Å². The number of thioether (sulfide) groups is 1. The highest BCUT2D eigenvalue weighted by Gasteiger charge is 1.86. The molecule has 0 aliphatic rings. The Balaban J connectivity index is 2.97. The Kier molecular flexibility index (Phi) is 8.19. The Morgan fingerprint density at radius 3 is 2.64 bits per heavy atom. The highest BCUT2D eigenvalue weighted by atomic mass is 32.2. The van der Waals surface area contributed by atoms with E-state index in [1.165, 1.54) is 24.2 Å². The second-order valence-corrected chi connectivity index (χ2v) is 4.05. The van der Waals surface area contributed by atoms with E-state index in [4.69, 9.17) is 5.73 Å². The zero-order valence-electron chi connectivity index (χ0n) is 7.60. The quantitative estimate of drug-likeness (QED) is 0.493. The van der Waals surface area contributed by atoms with Crippen molar-refractivity contribution in [3.63, 3.8) is 0 Å². The number of rotatable bonds is 6. The normalized spacial score (nSPS) is 9.73. The fraction of sp³-hybridized carbons (Fsp3) is 0.778. The lowest BCUT2D eigenvalue weighted by Gasteiger charge is -1.96. The third-order valence-corrected chi connectivity index (χ3v) is 2.41. The van der Waals surface area contributed by atoms with Gasteiger partial charge in [-0.3, -0.25) is 0 Å². The van der Waals surface area contributed by atoms with Crippen LogP contribution in [-0.2, 0) is 0 Å². The van der Waals surface area contributed by atoms with Gasteiger partial charge in [0.05, 0.1) is 0 Å². The van der Waals surface area contributed by atoms with Gasteiger partial charge in [0.2, 0.25) is 0 Å². The van der Waals surface area contributed by atoms with Crippen LogP contribution in [0.2, 0.25) is 0 Å². The van der Waals surface area contributed by atoms with Crippen LogP contribution < -0.4 is 5.73 Å². The van der Waals surface area contributed by atoms with Gasteiger partial charge in [-0.2, -0.15) is 11.8 Å². The number of hydrogen-bond acceptors (Lipinski definition) is 2. The third kappa shape index (κ3) is 10.1. The summed E-state index contributed by atoms with van der Waals surface area (Å²) in [4.78, 5) is 0. The molecular weight excluding hydrogens is 154 g/mol. The molecule has 66 valence electrons. The number of hydrogen-bond donors (Lipinski definition) is 1. The molecule has 0 aromatic carbocycles. The molecular formula is C9H19NS. The molecule has 0 fully saturated rings. The van der Waals surface area contributed by atoms with Crippen molar-refractivity contribution in [3.05, 3.63) is 11.6 Å². The second kappa shape index (κ2) is 8.15. The maximum atomic E-state index is 5.36. The minimum absolute atomic E-state index is 0.813. The Morgan fingerprint density at radius 1 is 1.36 bits per heavy atom. The monoisotopic (exact) mass is 173 g/mol. The molecule has 0 aliphatic carbocycles. The summed E-state index contributed by atoms with van der Waals surface area (Å²) in [6.45, 7) is 5.10. The zero-order valence-corrected chi connectivity index (χ0v) is 8.41. The average molecular weight is 173 g/mol. The van der Waals surface area contributed by atoms with Crippen molar-refractivity contribution in [2.24, 2.45) is 5.73 Å². The Morgan fingerprint density at radius 2 is 2.09 bits per heavy atom. The van der Waals surface area contributed by atoms with Crippen molar-refractivity contribution in [1.82, 2.24) is 0 Å². The van der Waals surface area contributed by atoms with Crippen LogP contribution in [0.5, 0.6) is 0 Å². The van der Waals surface area contributed by atoms with Crippen molar-refractivity contribution < 1.29 is 0 Å². The van der Waals surface area contributed by atoms with Gasteiger partial charge in [-0.25, -0.2) is 0 Å². The molecule has 0 amide bonds. The third-order valence-electron chi connectivity index (χ3n) is 1.31. The molecule has 0 aliphatic heterocycles. The first-order valence-corrected chi connectivity index (χ1v) is 5.34. The molecule has 0 rings (SSSR count). The maximum Gasteiger partial charge on any atom is 0.00558 e. The Bertz CT molecular complexity index is 106. The van der Waals surface area contributed by atoms with Gasteiger partial charge in [0.15, 0.2) is 0 Å². The molecule has 0 atom stereocenters. The van der Waals surface area contributed by atoms with Crippen molar-refractivity contribution in [3.8, 4) is 0 Å². The largest absolute Gasteiger partial charge is 0.330 e. The first kappa shape index (κ1) is 11.1. The molecule has 0 saturated heterocycles. The lowest BCUT2D eigenvalue weighted by Crippen LogP contribution is -2.01. The molecule has 0 saturated carbocycles. The summed E-state index contributed by atoms with van der Waals surface area (Å²) in [6, 6.07) is 0. The van der Waals surface area contributed by atoms with Crippen molar-refractivity contribution in [2.45, 2.75) is 26.7 Å². The Labute approximate surface area is 74.4 Å². The van der Waals surface area contributed by atoms with Crippen LogP contribution in [0.3, 0.4) is 0 Å². The van der Waals surface area contributed by atoms with E-state index >= 15 is 0 Å². The van der Waals surface area contributed by atoms with Crippen LogP contribution in [0, 0.1) is 0 Å². The van der Waals surface area contributed by atoms with E-state index in [0.29, 0.717) is 0 Å². The standard InChI is InChI=1S/C9H19NS/c1-9(2)5-3-4-7-11-8-6-10/h5H,3-4,6-8,10H2,1-2H3. The first-order valence-electron chi connectivity index (χ1n) is 4.18. The molecule has 0 radical (unpaired) electrons. The van der Waals surface area contributed by atoms with E-state index in [-0.39, 0.29) is 0 Å². The summed E-state index contributed by atoms with van der Waals surface area (Å²) in [5, 5.41) is 0. The second-order valence-electron chi connectivity index (χ2n) is 2.82. The van der Waals surface area contributed by atoms with Crippen molar-refractivity contribution in [1.29, 1.82) is 0 Å². The topological polar surface area (TPSA) is 26.0 Å². The van der Waals surface area contributed by atoms with Crippen LogP contribution >= 0.6 is 11.8 Å². The average Bonchev–Trinajstić information content (AvgIpc) is 1.96. The summed E-state index contributed by atoms with van der Waals surface area (Å²) in [7, 11) is 0. The van der Waals surface area contributed by atoms with Gasteiger partial charge >= 0.3 is 0 Å². The molecule has 0 aromatic rings. The molecule has 0 aromatic heterocycles. The minimum Gasteiger partial charge on any atom is -0.330 e. The predicted molar refractivity (Wildman–Crippen MR) is 55.0 cm³/mol. The fourth-order valence-corrected chi connectivity index (χ4v) is 1.50. The molecule has 2 heteroatoms.